The standard InChI is InChI=1S/C40H34S2/c1-27-8-12-31(13-9-27)32-15-19-35(20-16-32)41-36-21-17-33(18-22-36)34-14-11-30(4)39(26-34)38-23-10-29(3)25-40(38)42-37-7-5-6-28(2)24-37/h5-26H,1-4H3. The van der Waals surface area contributed by atoms with Crippen LogP contribution in [0.5, 0.6) is 0 Å². The summed E-state index contributed by atoms with van der Waals surface area (Å²) in [5.74, 6) is 0. The molecule has 0 amide bonds. The van der Waals surface area contributed by atoms with E-state index in [1.807, 2.05) is 11.8 Å². The predicted octanol–water partition coefficient (Wildman–Crippen LogP) is 12.2. The molecule has 0 bridgehead atoms. The Morgan fingerprint density at radius 2 is 0.905 bits per heavy atom. The maximum absolute atomic E-state index is 2.35. The largest absolute Gasteiger partial charge is 0.0901 e. The van der Waals surface area contributed by atoms with Crippen molar-refractivity contribution < 1.29 is 0 Å². The summed E-state index contributed by atoms with van der Waals surface area (Å²) in [4.78, 5) is 5.05. The zero-order valence-electron chi connectivity index (χ0n) is 24.5. The van der Waals surface area contributed by atoms with Crippen LogP contribution >= 0.6 is 23.5 Å². The van der Waals surface area contributed by atoms with Gasteiger partial charge in [-0.15, -0.1) is 0 Å². The first-order valence-electron chi connectivity index (χ1n) is 14.3. The first-order chi connectivity index (χ1) is 20.4. The molecule has 0 fully saturated rings. The zero-order valence-corrected chi connectivity index (χ0v) is 26.2. The molecule has 6 aromatic rings. The minimum atomic E-state index is 1.23. The first kappa shape index (κ1) is 28.2. The van der Waals surface area contributed by atoms with E-state index < -0.39 is 0 Å². The van der Waals surface area contributed by atoms with E-state index >= 15 is 0 Å². The molecular weight excluding hydrogens is 545 g/mol. The lowest BCUT2D eigenvalue weighted by Crippen LogP contribution is -1.90. The summed E-state index contributed by atoms with van der Waals surface area (Å²) in [6.45, 7) is 8.66. The van der Waals surface area contributed by atoms with Gasteiger partial charge < -0.3 is 0 Å². The van der Waals surface area contributed by atoms with Crippen molar-refractivity contribution in [3.8, 4) is 33.4 Å². The van der Waals surface area contributed by atoms with Crippen LogP contribution in [0.25, 0.3) is 33.4 Å². The molecule has 0 nitrogen and oxygen atoms in total. The molecule has 0 spiro atoms. The van der Waals surface area contributed by atoms with Crippen molar-refractivity contribution in [2.24, 2.45) is 0 Å². The van der Waals surface area contributed by atoms with E-state index in [-0.39, 0.29) is 0 Å². The van der Waals surface area contributed by atoms with Crippen molar-refractivity contribution in [1.82, 2.24) is 0 Å². The van der Waals surface area contributed by atoms with E-state index in [2.05, 4.69) is 161 Å². The number of hydrogen-bond acceptors (Lipinski definition) is 2. The Morgan fingerprint density at radius 1 is 0.357 bits per heavy atom. The Morgan fingerprint density at radius 3 is 1.55 bits per heavy atom. The Bertz CT molecular complexity index is 1830. The molecule has 0 unspecified atom stereocenters. The monoisotopic (exact) mass is 578 g/mol. The van der Waals surface area contributed by atoms with E-state index in [0.717, 1.165) is 0 Å². The number of hydrogen-bond donors (Lipinski definition) is 0. The van der Waals surface area contributed by atoms with Crippen molar-refractivity contribution in [1.29, 1.82) is 0 Å². The molecule has 0 aliphatic heterocycles. The third kappa shape index (κ3) is 6.57. The molecule has 206 valence electrons. The highest BCUT2D eigenvalue weighted by Gasteiger charge is 2.12. The van der Waals surface area contributed by atoms with E-state index in [1.54, 1.807) is 11.8 Å². The van der Waals surface area contributed by atoms with Crippen molar-refractivity contribution >= 4 is 23.5 Å². The van der Waals surface area contributed by atoms with E-state index in [1.165, 1.54) is 75.2 Å². The van der Waals surface area contributed by atoms with Crippen LogP contribution in [-0.4, -0.2) is 0 Å². The fraction of sp³-hybridized carbons (Fsp3) is 0.100. The molecule has 0 saturated carbocycles. The Labute approximate surface area is 258 Å². The van der Waals surface area contributed by atoms with Gasteiger partial charge in [0.25, 0.3) is 0 Å². The van der Waals surface area contributed by atoms with Crippen LogP contribution in [-0.2, 0) is 0 Å². The topological polar surface area (TPSA) is 0 Å². The van der Waals surface area contributed by atoms with E-state index in [0.29, 0.717) is 0 Å². The van der Waals surface area contributed by atoms with Gasteiger partial charge in [-0.1, -0.05) is 120 Å². The normalized spacial score (nSPS) is 11.0. The molecule has 0 radical (unpaired) electrons. The minimum Gasteiger partial charge on any atom is -0.0901 e. The van der Waals surface area contributed by atoms with Gasteiger partial charge in [0, 0.05) is 19.6 Å². The van der Waals surface area contributed by atoms with Crippen LogP contribution in [0.2, 0.25) is 0 Å². The number of aryl methyl sites for hydroxylation is 4. The van der Waals surface area contributed by atoms with Gasteiger partial charge in [0.2, 0.25) is 0 Å². The second kappa shape index (κ2) is 12.5. The Kier molecular flexibility index (Phi) is 8.37. The Balaban J connectivity index is 1.23. The first-order valence-corrected chi connectivity index (χ1v) is 16.0. The lowest BCUT2D eigenvalue weighted by atomic mass is 9.95. The number of benzene rings is 6. The van der Waals surface area contributed by atoms with Gasteiger partial charge in [-0.25, -0.2) is 0 Å². The second-order valence-corrected chi connectivity index (χ2v) is 13.2. The molecule has 0 N–H and O–H groups in total. The SMILES string of the molecule is Cc1ccc(-c2ccc(Sc3ccc(-c4ccc(C)c(-c5ccc(C)cc5Sc5cccc(C)c5)c4)cc3)cc2)cc1. The summed E-state index contributed by atoms with van der Waals surface area (Å²) < 4.78 is 0. The zero-order chi connectivity index (χ0) is 29.1. The number of rotatable bonds is 7. The molecule has 2 heteroatoms. The third-order valence-corrected chi connectivity index (χ3v) is 9.61. The maximum Gasteiger partial charge on any atom is 0.0203 e. The van der Waals surface area contributed by atoms with Crippen molar-refractivity contribution in [2.45, 2.75) is 47.3 Å². The molecule has 6 rings (SSSR count). The van der Waals surface area contributed by atoms with Crippen molar-refractivity contribution in [3.63, 3.8) is 0 Å². The summed E-state index contributed by atoms with van der Waals surface area (Å²) in [6.07, 6.45) is 0. The molecular formula is C40H34S2. The lowest BCUT2D eigenvalue weighted by Gasteiger charge is -2.15. The third-order valence-electron chi connectivity index (χ3n) is 7.54. The molecule has 6 aromatic carbocycles. The highest BCUT2D eigenvalue weighted by molar-refractivity contribution is 7.99. The quantitative estimate of drug-likeness (QED) is 0.185. The average Bonchev–Trinajstić information content (AvgIpc) is 2.99. The summed E-state index contributed by atoms with van der Waals surface area (Å²) in [6, 6.07) is 49.0. The van der Waals surface area contributed by atoms with E-state index in [9.17, 15) is 0 Å². The van der Waals surface area contributed by atoms with E-state index in [4.69, 9.17) is 0 Å². The highest BCUT2D eigenvalue weighted by Crippen LogP contribution is 2.40. The summed E-state index contributed by atoms with van der Waals surface area (Å²) in [5, 5.41) is 0. The van der Waals surface area contributed by atoms with Crippen LogP contribution in [0, 0.1) is 27.7 Å². The fourth-order valence-electron chi connectivity index (χ4n) is 5.15. The molecule has 0 aliphatic carbocycles. The molecule has 0 aromatic heterocycles. The van der Waals surface area contributed by atoms with Gasteiger partial charge in [-0.05, 0) is 121 Å². The summed E-state index contributed by atoms with van der Waals surface area (Å²) in [5.41, 5.74) is 12.7. The maximum atomic E-state index is 2.35. The van der Waals surface area contributed by atoms with Gasteiger partial charge in [-0.2, -0.15) is 0 Å². The highest BCUT2D eigenvalue weighted by atomic mass is 32.2. The van der Waals surface area contributed by atoms with Gasteiger partial charge in [-0.3, -0.25) is 0 Å². The summed E-state index contributed by atoms with van der Waals surface area (Å²) in [7, 11) is 0. The van der Waals surface area contributed by atoms with Crippen molar-refractivity contribution in [3.05, 3.63) is 156 Å². The van der Waals surface area contributed by atoms with Crippen molar-refractivity contribution in [2.75, 3.05) is 0 Å². The van der Waals surface area contributed by atoms with Gasteiger partial charge in [0.1, 0.15) is 0 Å². The van der Waals surface area contributed by atoms with Crippen LogP contribution in [0.15, 0.2) is 153 Å². The van der Waals surface area contributed by atoms with Crippen LogP contribution in [0.3, 0.4) is 0 Å². The van der Waals surface area contributed by atoms with Crippen LogP contribution in [0.4, 0.5) is 0 Å². The van der Waals surface area contributed by atoms with Gasteiger partial charge in [0.05, 0.1) is 0 Å². The Hall–Kier alpha value is -3.98. The second-order valence-electron chi connectivity index (χ2n) is 11.0. The van der Waals surface area contributed by atoms with Gasteiger partial charge >= 0.3 is 0 Å². The van der Waals surface area contributed by atoms with Gasteiger partial charge in [0.15, 0.2) is 0 Å². The predicted molar refractivity (Wildman–Crippen MR) is 183 cm³/mol. The summed E-state index contributed by atoms with van der Waals surface area (Å²) >= 11 is 3.65. The van der Waals surface area contributed by atoms with Crippen LogP contribution in [0.1, 0.15) is 22.3 Å². The molecule has 0 heterocycles. The van der Waals surface area contributed by atoms with Crippen LogP contribution < -0.4 is 0 Å². The molecule has 42 heavy (non-hydrogen) atoms. The smallest absolute Gasteiger partial charge is 0.0203 e. The minimum absolute atomic E-state index is 1.23. The molecule has 0 atom stereocenters. The lowest BCUT2D eigenvalue weighted by molar-refractivity contribution is 1.31. The average molecular weight is 579 g/mol. The fourth-order valence-corrected chi connectivity index (χ4v) is 7.14. The molecule has 0 aliphatic rings. The molecule has 0 saturated heterocycles.